The fourth-order valence-electron chi connectivity index (χ4n) is 5.76. The predicted molar refractivity (Wildman–Crippen MR) is 99.9 cm³/mol. The number of fused-ring (bicyclic) bond motifs is 3. The van der Waals surface area contributed by atoms with Gasteiger partial charge in [0.1, 0.15) is 11.9 Å². The summed E-state index contributed by atoms with van der Waals surface area (Å²) in [6.07, 6.45) is 4.04. The van der Waals surface area contributed by atoms with Crippen molar-refractivity contribution in [1.82, 2.24) is 0 Å². The van der Waals surface area contributed by atoms with E-state index in [1.165, 1.54) is 23.1 Å². The van der Waals surface area contributed by atoms with Gasteiger partial charge in [-0.05, 0) is 52.3 Å². The van der Waals surface area contributed by atoms with Gasteiger partial charge in [0.25, 0.3) is 0 Å². The monoisotopic (exact) mass is 345 g/mol. The van der Waals surface area contributed by atoms with Gasteiger partial charge in [0.15, 0.2) is 5.34 Å². The summed E-state index contributed by atoms with van der Waals surface area (Å²) in [6, 6.07) is 4.52. The molecule has 0 spiro atoms. The molecule has 25 heavy (non-hydrogen) atoms. The zero-order chi connectivity index (χ0) is 18.4. The Kier molecular flexibility index (Phi) is 4.59. The zero-order valence-corrected chi connectivity index (χ0v) is 16.4. The van der Waals surface area contributed by atoms with Gasteiger partial charge in [-0.2, -0.15) is 0 Å². The van der Waals surface area contributed by atoms with Crippen molar-refractivity contribution in [1.29, 1.82) is 0 Å². The molecule has 2 aliphatic carbocycles. The molecule has 1 fully saturated rings. The zero-order valence-electron chi connectivity index (χ0n) is 16.4. The van der Waals surface area contributed by atoms with Crippen molar-refractivity contribution >= 4 is 0 Å². The molecule has 1 aromatic carbocycles. The molecule has 0 aliphatic heterocycles. The van der Waals surface area contributed by atoms with Crippen molar-refractivity contribution in [2.24, 2.45) is 16.7 Å². The Morgan fingerprint density at radius 3 is 2.52 bits per heavy atom. The summed E-state index contributed by atoms with van der Waals surface area (Å²) in [5.41, 5.74) is 3.97. The lowest BCUT2D eigenvalue weighted by Gasteiger charge is -2.56. The Bertz CT molecular complexity index is 667. The first-order valence-electron chi connectivity index (χ1n) is 9.44. The van der Waals surface area contributed by atoms with E-state index >= 15 is 0 Å². The molecule has 3 atom stereocenters. The Morgan fingerprint density at radius 1 is 1.20 bits per heavy atom. The molecule has 0 unspecified atom stereocenters. The number of hydrogen-bond donors (Lipinski definition) is 0. The van der Waals surface area contributed by atoms with Gasteiger partial charge in [-0.15, -0.1) is 4.91 Å². The van der Waals surface area contributed by atoms with Crippen LogP contribution in [0.25, 0.3) is 0 Å². The van der Waals surface area contributed by atoms with Crippen LogP contribution >= 0.6 is 0 Å². The highest BCUT2D eigenvalue weighted by Gasteiger charge is 2.55. The van der Waals surface area contributed by atoms with Crippen LogP contribution in [0.1, 0.15) is 76.5 Å². The number of nitrogens with zero attached hydrogens (tertiary/aromatic N) is 1. The fraction of sp³-hybridized carbons (Fsp3) is 0.714. The molecule has 0 bridgehead atoms. The maximum Gasteiger partial charge on any atom is 0.155 e. The molecule has 1 saturated carbocycles. The minimum absolute atomic E-state index is 0.0204. The molecule has 138 valence electrons. The van der Waals surface area contributed by atoms with Gasteiger partial charge in [-0.3, -0.25) is 0 Å². The molecule has 1 aromatic rings. The van der Waals surface area contributed by atoms with E-state index in [1.807, 2.05) is 0 Å². The fourth-order valence-corrected chi connectivity index (χ4v) is 5.76. The normalized spacial score (nSPS) is 30.4. The number of benzene rings is 1. The van der Waals surface area contributed by atoms with E-state index in [0.717, 1.165) is 25.0 Å². The van der Waals surface area contributed by atoms with Gasteiger partial charge in [-0.1, -0.05) is 47.1 Å². The van der Waals surface area contributed by atoms with Crippen molar-refractivity contribution in [3.8, 4) is 5.75 Å². The van der Waals surface area contributed by atoms with Crippen molar-refractivity contribution < 1.29 is 9.57 Å². The maximum atomic E-state index is 11.0. The third kappa shape index (κ3) is 2.84. The highest BCUT2D eigenvalue weighted by molar-refractivity contribution is 5.50. The molecule has 0 heterocycles. The number of rotatable bonds is 4. The highest BCUT2D eigenvalue weighted by atomic mass is 16.7. The average Bonchev–Trinajstić information content (AvgIpc) is 2.53. The standard InChI is InChI=1S/C21H31NO3/c1-13(2)15-10-14-11-18(25-22-23)19-20(3,4)8-7-9-21(19,5)16(14)12-17(15)24-6/h10,12-13,18-19H,7-9,11H2,1-6H3/t18-,19+,21-/m1/s1. The molecule has 4 heteroatoms. The quantitative estimate of drug-likeness (QED) is 0.533. The SMILES string of the molecule is COc1cc2c(cc1C(C)C)C[C@@H](ON=O)[C@H]1C(C)(C)CCC[C@]21C. The Labute approximate surface area is 151 Å². The Balaban J connectivity index is 2.20. The Morgan fingerprint density at radius 2 is 1.92 bits per heavy atom. The molecule has 4 nitrogen and oxygen atoms in total. The summed E-state index contributed by atoms with van der Waals surface area (Å²) in [7, 11) is 1.75. The summed E-state index contributed by atoms with van der Waals surface area (Å²) >= 11 is 0. The smallest absolute Gasteiger partial charge is 0.155 e. The van der Waals surface area contributed by atoms with Crippen molar-refractivity contribution in [2.75, 3.05) is 7.11 Å². The van der Waals surface area contributed by atoms with Crippen LogP contribution in [0, 0.1) is 16.2 Å². The van der Waals surface area contributed by atoms with Crippen molar-refractivity contribution in [3.63, 3.8) is 0 Å². The minimum atomic E-state index is -0.154. The molecule has 2 aliphatic rings. The van der Waals surface area contributed by atoms with E-state index in [0.29, 0.717) is 5.92 Å². The van der Waals surface area contributed by atoms with Crippen LogP contribution in [0.4, 0.5) is 0 Å². The van der Waals surface area contributed by atoms with Crippen molar-refractivity contribution in [2.45, 2.75) is 77.7 Å². The topological polar surface area (TPSA) is 47.9 Å². The van der Waals surface area contributed by atoms with E-state index in [2.05, 4.69) is 52.1 Å². The molecule has 0 radical (unpaired) electrons. The van der Waals surface area contributed by atoms with E-state index in [9.17, 15) is 4.91 Å². The third-order valence-corrected chi connectivity index (χ3v) is 6.71. The van der Waals surface area contributed by atoms with E-state index in [1.54, 1.807) is 7.11 Å². The predicted octanol–water partition coefficient (Wildman–Crippen LogP) is 5.53. The summed E-state index contributed by atoms with van der Waals surface area (Å²) in [5, 5.41) is 2.84. The summed E-state index contributed by atoms with van der Waals surface area (Å²) in [4.78, 5) is 16.4. The lowest BCUT2D eigenvalue weighted by Crippen LogP contribution is -2.55. The van der Waals surface area contributed by atoms with Crippen LogP contribution in [-0.2, 0) is 16.7 Å². The van der Waals surface area contributed by atoms with Crippen LogP contribution in [0.15, 0.2) is 17.5 Å². The largest absolute Gasteiger partial charge is 0.496 e. The maximum absolute atomic E-state index is 11.0. The van der Waals surface area contributed by atoms with Gasteiger partial charge in [0, 0.05) is 12.3 Å². The van der Waals surface area contributed by atoms with Crippen LogP contribution in [0.2, 0.25) is 0 Å². The van der Waals surface area contributed by atoms with Crippen LogP contribution in [-0.4, -0.2) is 13.2 Å². The second kappa shape index (κ2) is 6.30. The van der Waals surface area contributed by atoms with Crippen molar-refractivity contribution in [3.05, 3.63) is 33.7 Å². The molecular weight excluding hydrogens is 314 g/mol. The lowest BCUT2D eigenvalue weighted by molar-refractivity contribution is -0.0902. The first-order valence-corrected chi connectivity index (χ1v) is 9.44. The van der Waals surface area contributed by atoms with E-state index in [4.69, 9.17) is 9.57 Å². The molecular formula is C21H31NO3. The van der Waals surface area contributed by atoms with Gasteiger partial charge >= 0.3 is 0 Å². The first kappa shape index (κ1) is 18.2. The number of ether oxygens (including phenoxy) is 1. The first-order chi connectivity index (χ1) is 11.7. The van der Waals surface area contributed by atoms with Gasteiger partial charge < -0.3 is 9.57 Å². The highest BCUT2D eigenvalue weighted by Crippen LogP contribution is 2.58. The van der Waals surface area contributed by atoms with Crippen LogP contribution < -0.4 is 4.74 Å². The summed E-state index contributed by atoms with van der Waals surface area (Å²) in [5.74, 6) is 1.63. The van der Waals surface area contributed by atoms with Gasteiger partial charge in [0.05, 0.1) is 7.11 Å². The molecule has 0 N–H and O–H groups in total. The third-order valence-electron chi connectivity index (χ3n) is 6.71. The lowest BCUT2D eigenvalue weighted by atomic mass is 9.49. The molecule has 3 rings (SSSR count). The molecule has 0 aromatic heterocycles. The minimum Gasteiger partial charge on any atom is -0.496 e. The average molecular weight is 345 g/mol. The number of hydrogen-bond acceptors (Lipinski definition) is 4. The van der Waals surface area contributed by atoms with Gasteiger partial charge in [0.2, 0.25) is 0 Å². The Hall–Kier alpha value is -1.58. The summed E-state index contributed by atoms with van der Waals surface area (Å²) in [6.45, 7) is 11.3. The van der Waals surface area contributed by atoms with Crippen LogP contribution in [0.3, 0.4) is 0 Å². The van der Waals surface area contributed by atoms with Crippen LogP contribution in [0.5, 0.6) is 5.75 Å². The summed E-state index contributed by atoms with van der Waals surface area (Å²) < 4.78 is 5.72. The van der Waals surface area contributed by atoms with E-state index < -0.39 is 0 Å². The van der Waals surface area contributed by atoms with E-state index in [-0.39, 0.29) is 22.9 Å². The second-order valence-corrected chi connectivity index (χ2v) is 9.07. The molecule has 0 amide bonds. The van der Waals surface area contributed by atoms with Gasteiger partial charge in [-0.25, -0.2) is 0 Å². The number of methoxy groups -OCH3 is 1. The second-order valence-electron chi connectivity index (χ2n) is 9.07. The molecule has 0 saturated heterocycles.